The van der Waals surface area contributed by atoms with E-state index in [4.69, 9.17) is 15.1 Å². The number of hydrogen-bond donors (Lipinski definition) is 1. The molecule has 1 fully saturated rings. The van der Waals surface area contributed by atoms with Gasteiger partial charge in [0.25, 0.3) is 5.91 Å². The van der Waals surface area contributed by atoms with Crippen molar-refractivity contribution in [1.82, 2.24) is 14.9 Å². The van der Waals surface area contributed by atoms with Crippen molar-refractivity contribution in [3.63, 3.8) is 0 Å². The molecular weight excluding hydrogens is 476 g/mol. The minimum atomic E-state index is -0.792. The normalized spacial score (nSPS) is 15.6. The Bertz CT molecular complexity index is 1430. The van der Waals surface area contributed by atoms with Crippen molar-refractivity contribution >= 4 is 28.6 Å². The summed E-state index contributed by atoms with van der Waals surface area (Å²) < 4.78 is 0. The molecule has 194 valence electrons. The molecule has 0 bridgehead atoms. The number of fused-ring (bicyclic) bond motifs is 1. The molecule has 1 atom stereocenters. The van der Waals surface area contributed by atoms with Crippen LogP contribution in [0.15, 0.2) is 78.9 Å². The zero-order valence-electron chi connectivity index (χ0n) is 21.6. The van der Waals surface area contributed by atoms with Gasteiger partial charge in [-0.2, -0.15) is 0 Å². The third-order valence-electron chi connectivity index (χ3n) is 7.09. The highest BCUT2D eigenvalue weighted by molar-refractivity contribution is 5.98. The van der Waals surface area contributed by atoms with Crippen molar-refractivity contribution in [2.24, 2.45) is 0 Å². The molecule has 0 saturated carbocycles. The fourth-order valence-electron chi connectivity index (χ4n) is 5.09. The van der Waals surface area contributed by atoms with E-state index in [-0.39, 0.29) is 18.4 Å². The van der Waals surface area contributed by atoms with Crippen LogP contribution in [0.25, 0.3) is 22.3 Å². The standard InChI is InChI=1S/C31H32N4O3/c1-22-21-34(25-12-6-3-7-13-25)18-19-35(22)31(38)24-16-17-26-28(20-24)32-27(14-8-9-15-29(36)37)30(33-26)23-10-4-2-5-11-23/h2-7,10-13,16-17,20,22H,8-9,14-15,18-19,21H2,1H3,(H,36,37)/t22-/m0/s1. The minimum absolute atomic E-state index is 0.00376. The van der Waals surface area contributed by atoms with E-state index >= 15 is 0 Å². The van der Waals surface area contributed by atoms with Gasteiger partial charge >= 0.3 is 5.97 Å². The fraction of sp³-hybridized carbons (Fsp3) is 0.290. The van der Waals surface area contributed by atoms with Crippen molar-refractivity contribution in [2.75, 3.05) is 24.5 Å². The number of para-hydroxylation sites is 1. The highest BCUT2D eigenvalue weighted by atomic mass is 16.4. The molecule has 1 aliphatic heterocycles. The summed E-state index contributed by atoms with van der Waals surface area (Å²) in [7, 11) is 0. The molecule has 2 heterocycles. The first-order chi connectivity index (χ1) is 18.5. The van der Waals surface area contributed by atoms with Gasteiger partial charge in [-0.15, -0.1) is 0 Å². The highest BCUT2D eigenvalue weighted by Gasteiger charge is 2.28. The lowest BCUT2D eigenvalue weighted by molar-refractivity contribution is -0.137. The Morgan fingerprint density at radius 1 is 0.895 bits per heavy atom. The van der Waals surface area contributed by atoms with E-state index in [1.54, 1.807) is 0 Å². The highest BCUT2D eigenvalue weighted by Crippen LogP contribution is 2.26. The molecule has 1 N–H and O–H groups in total. The first-order valence-corrected chi connectivity index (χ1v) is 13.2. The Morgan fingerprint density at radius 2 is 1.63 bits per heavy atom. The van der Waals surface area contributed by atoms with Crippen molar-refractivity contribution in [1.29, 1.82) is 0 Å². The van der Waals surface area contributed by atoms with Crippen LogP contribution in [0.3, 0.4) is 0 Å². The van der Waals surface area contributed by atoms with Gasteiger partial charge < -0.3 is 14.9 Å². The number of carboxylic acids is 1. The zero-order chi connectivity index (χ0) is 26.5. The molecule has 3 aromatic carbocycles. The average Bonchev–Trinajstić information content (AvgIpc) is 2.95. The van der Waals surface area contributed by atoms with E-state index in [1.807, 2.05) is 71.6 Å². The van der Waals surface area contributed by atoms with Gasteiger partial charge in [-0.1, -0.05) is 48.5 Å². The van der Waals surface area contributed by atoms with Crippen LogP contribution in [0.4, 0.5) is 5.69 Å². The molecule has 0 aliphatic carbocycles. The number of hydrogen-bond acceptors (Lipinski definition) is 5. The largest absolute Gasteiger partial charge is 0.481 e. The number of rotatable bonds is 8. The number of aromatic nitrogens is 2. The number of carbonyl (C=O) groups excluding carboxylic acids is 1. The molecule has 1 amide bonds. The molecule has 4 aromatic rings. The molecule has 0 unspecified atom stereocenters. The maximum Gasteiger partial charge on any atom is 0.303 e. The van der Waals surface area contributed by atoms with Crippen LogP contribution in [0.2, 0.25) is 0 Å². The van der Waals surface area contributed by atoms with E-state index in [2.05, 4.69) is 24.0 Å². The summed E-state index contributed by atoms with van der Waals surface area (Å²) in [6.45, 7) is 4.31. The van der Waals surface area contributed by atoms with E-state index < -0.39 is 5.97 Å². The van der Waals surface area contributed by atoms with Gasteiger partial charge in [0.2, 0.25) is 0 Å². The second-order valence-corrected chi connectivity index (χ2v) is 9.82. The third kappa shape index (κ3) is 5.67. The topological polar surface area (TPSA) is 86.6 Å². The van der Waals surface area contributed by atoms with Crippen LogP contribution in [-0.4, -0.2) is 57.5 Å². The van der Waals surface area contributed by atoms with Crippen LogP contribution >= 0.6 is 0 Å². The first kappa shape index (κ1) is 25.4. The fourth-order valence-corrected chi connectivity index (χ4v) is 5.09. The van der Waals surface area contributed by atoms with E-state index in [1.165, 1.54) is 5.69 Å². The Morgan fingerprint density at radius 3 is 2.34 bits per heavy atom. The second kappa shape index (κ2) is 11.4. The van der Waals surface area contributed by atoms with E-state index in [9.17, 15) is 9.59 Å². The smallest absolute Gasteiger partial charge is 0.303 e. The molecule has 5 rings (SSSR count). The molecule has 0 radical (unpaired) electrons. The maximum atomic E-state index is 13.5. The number of anilines is 1. The summed E-state index contributed by atoms with van der Waals surface area (Å²) >= 11 is 0. The van der Waals surface area contributed by atoms with Crippen molar-refractivity contribution in [3.8, 4) is 11.3 Å². The molecule has 1 aliphatic rings. The molecule has 1 aromatic heterocycles. The molecule has 7 heteroatoms. The molecule has 1 saturated heterocycles. The van der Waals surface area contributed by atoms with Gasteiger partial charge in [0.1, 0.15) is 0 Å². The van der Waals surface area contributed by atoms with Crippen molar-refractivity contribution in [3.05, 3.63) is 90.1 Å². The Hall–Kier alpha value is -4.26. The summed E-state index contributed by atoms with van der Waals surface area (Å²) in [6, 6.07) is 25.8. The summed E-state index contributed by atoms with van der Waals surface area (Å²) in [6.07, 6.45) is 2.04. The minimum Gasteiger partial charge on any atom is -0.481 e. The Labute approximate surface area is 222 Å². The van der Waals surface area contributed by atoms with Crippen molar-refractivity contribution < 1.29 is 14.7 Å². The SMILES string of the molecule is C[C@H]1CN(c2ccccc2)CCN1C(=O)c1ccc2nc(-c3ccccc3)c(CCCCC(=O)O)nc2c1. The van der Waals surface area contributed by atoms with Crippen molar-refractivity contribution in [2.45, 2.75) is 38.6 Å². The number of unbranched alkanes of at least 4 members (excludes halogenated alkanes) is 1. The van der Waals surface area contributed by atoms with Crippen LogP contribution in [0.5, 0.6) is 0 Å². The quantitative estimate of drug-likeness (QED) is 0.319. The van der Waals surface area contributed by atoms with Crippen LogP contribution < -0.4 is 4.90 Å². The predicted octanol–water partition coefficient (Wildman–Crippen LogP) is 5.45. The van der Waals surface area contributed by atoms with E-state index in [0.717, 1.165) is 35.6 Å². The van der Waals surface area contributed by atoms with Crippen LogP contribution in [0, 0.1) is 0 Å². The number of aryl methyl sites for hydroxylation is 1. The Balaban J connectivity index is 1.39. The van der Waals surface area contributed by atoms with Crippen LogP contribution in [0.1, 0.15) is 42.2 Å². The molecule has 0 spiro atoms. The number of aliphatic carboxylic acids is 1. The summed E-state index contributed by atoms with van der Waals surface area (Å²) in [5, 5.41) is 9.00. The number of piperazine rings is 1. The summed E-state index contributed by atoms with van der Waals surface area (Å²) in [5.74, 6) is -0.788. The van der Waals surface area contributed by atoms with E-state index in [0.29, 0.717) is 36.9 Å². The maximum absolute atomic E-state index is 13.5. The summed E-state index contributed by atoms with van der Waals surface area (Å²) in [5.41, 5.74) is 5.80. The van der Waals surface area contributed by atoms with Gasteiger partial charge in [0, 0.05) is 48.9 Å². The zero-order valence-corrected chi connectivity index (χ0v) is 21.6. The lowest BCUT2D eigenvalue weighted by Crippen LogP contribution is -2.54. The number of benzene rings is 3. The van der Waals surface area contributed by atoms with Gasteiger partial charge in [-0.05, 0) is 56.5 Å². The second-order valence-electron chi connectivity index (χ2n) is 9.82. The predicted molar refractivity (Wildman–Crippen MR) is 149 cm³/mol. The van der Waals surface area contributed by atoms with Gasteiger partial charge in [0.05, 0.1) is 22.4 Å². The number of nitrogens with zero attached hydrogens (tertiary/aromatic N) is 4. The monoisotopic (exact) mass is 508 g/mol. The van der Waals surface area contributed by atoms with Crippen LogP contribution in [-0.2, 0) is 11.2 Å². The lowest BCUT2D eigenvalue weighted by atomic mass is 10.0. The first-order valence-electron chi connectivity index (χ1n) is 13.2. The number of carbonyl (C=O) groups is 2. The number of amides is 1. The lowest BCUT2D eigenvalue weighted by Gasteiger charge is -2.41. The average molecular weight is 509 g/mol. The van der Waals surface area contributed by atoms with Gasteiger partial charge in [0.15, 0.2) is 0 Å². The third-order valence-corrected chi connectivity index (χ3v) is 7.09. The molecule has 7 nitrogen and oxygen atoms in total. The number of carboxylic acid groups (broad SMARTS) is 1. The van der Waals surface area contributed by atoms with Gasteiger partial charge in [-0.3, -0.25) is 9.59 Å². The summed E-state index contributed by atoms with van der Waals surface area (Å²) in [4.78, 5) is 38.6. The Kier molecular flexibility index (Phi) is 7.63. The molecule has 38 heavy (non-hydrogen) atoms. The molecular formula is C31H32N4O3. The van der Waals surface area contributed by atoms with Gasteiger partial charge in [-0.25, -0.2) is 9.97 Å².